The first-order chi connectivity index (χ1) is 6.88. The quantitative estimate of drug-likeness (QED) is 0.889. The van der Waals surface area contributed by atoms with Crippen molar-refractivity contribution in [3.05, 3.63) is 34.1 Å². The van der Waals surface area contributed by atoms with Crippen molar-refractivity contribution in [3.63, 3.8) is 0 Å². The summed E-state index contributed by atoms with van der Waals surface area (Å²) in [6, 6.07) is 5.15. The highest BCUT2D eigenvalue weighted by Crippen LogP contribution is 2.17. The average molecular weight is 274 g/mol. The van der Waals surface area contributed by atoms with Crippen LogP contribution in [0.25, 0.3) is 0 Å². The normalized spacial score (nSPS) is 11.8. The molecule has 0 saturated heterocycles. The zero-order valence-electron chi connectivity index (χ0n) is 9.40. The number of hydrogen-bond acceptors (Lipinski definition) is 1. The third kappa shape index (κ3) is 4.76. The van der Waals surface area contributed by atoms with Crippen molar-refractivity contribution in [1.82, 2.24) is 5.32 Å². The fourth-order valence-electron chi connectivity index (χ4n) is 1.28. The second-order valence-electron chi connectivity index (χ2n) is 4.68. The van der Waals surface area contributed by atoms with Crippen LogP contribution in [0.15, 0.2) is 22.7 Å². The summed E-state index contributed by atoms with van der Waals surface area (Å²) >= 11 is 3.18. The minimum atomic E-state index is -0.206. The maximum absolute atomic E-state index is 12.9. The van der Waals surface area contributed by atoms with Gasteiger partial charge in [0.25, 0.3) is 0 Å². The molecule has 0 unspecified atom stereocenters. The van der Waals surface area contributed by atoms with Gasteiger partial charge in [0, 0.05) is 5.54 Å². The maximum atomic E-state index is 12.9. The Morgan fingerprint density at radius 3 is 2.53 bits per heavy atom. The molecule has 0 amide bonds. The van der Waals surface area contributed by atoms with Gasteiger partial charge in [-0.25, -0.2) is 4.39 Å². The molecule has 0 atom stereocenters. The highest BCUT2D eigenvalue weighted by atomic mass is 79.9. The molecule has 0 aliphatic rings. The summed E-state index contributed by atoms with van der Waals surface area (Å²) in [7, 11) is 0. The summed E-state index contributed by atoms with van der Waals surface area (Å²) in [4.78, 5) is 0. The van der Waals surface area contributed by atoms with Crippen LogP contribution in [0.5, 0.6) is 0 Å². The SMILES string of the molecule is CC(C)(C)NCCc1ccc(F)c(Br)c1. The second-order valence-corrected chi connectivity index (χ2v) is 5.53. The highest BCUT2D eigenvalue weighted by molar-refractivity contribution is 9.10. The van der Waals surface area contributed by atoms with Crippen molar-refractivity contribution in [2.75, 3.05) is 6.54 Å². The van der Waals surface area contributed by atoms with E-state index in [1.54, 1.807) is 0 Å². The van der Waals surface area contributed by atoms with Crippen molar-refractivity contribution in [2.24, 2.45) is 0 Å². The number of halogens is 2. The Labute approximate surface area is 99.2 Å². The van der Waals surface area contributed by atoms with E-state index in [4.69, 9.17) is 0 Å². The van der Waals surface area contributed by atoms with Crippen LogP contribution in [-0.2, 0) is 6.42 Å². The summed E-state index contributed by atoms with van der Waals surface area (Å²) in [5, 5.41) is 3.40. The van der Waals surface area contributed by atoms with E-state index < -0.39 is 0 Å². The summed E-state index contributed by atoms with van der Waals surface area (Å²) in [6.45, 7) is 7.30. The predicted octanol–water partition coefficient (Wildman–Crippen LogP) is 3.52. The summed E-state index contributed by atoms with van der Waals surface area (Å²) in [6.07, 6.45) is 0.913. The largest absolute Gasteiger partial charge is 0.312 e. The smallest absolute Gasteiger partial charge is 0.137 e. The fraction of sp³-hybridized carbons (Fsp3) is 0.500. The monoisotopic (exact) mass is 273 g/mol. The molecular formula is C12H17BrFN. The first kappa shape index (κ1) is 12.7. The van der Waals surface area contributed by atoms with E-state index in [1.807, 2.05) is 12.1 Å². The molecule has 0 radical (unpaired) electrons. The van der Waals surface area contributed by atoms with E-state index in [2.05, 4.69) is 42.0 Å². The molecule has 84 valence electrons. The Kier molecular flexibility index (Phi) is 4.29. The fourth-order valence-corrected chi connectivity index (χ4v) is 1.70. The molecule has 0 aliphatic carbocycles. The molecule has 3 heteroatoms. The van der Waals surface area contributed by atoms with Crippen LogP contribution in [-0.4, -0.2) is 12.1 Å². The summed E-state index contributed by atoms with van der Waals surface area (Å²) in [5.74, 6) is -0.206. The van der Waals surface area contributed by atoms with E-state index in [0.29, 0.717) is 4.47 Å². The average Bonchev–Trinajstić information content (AvgIpc) is 2.09. The second kappa shape index (κ2) is 5.08. The predicted molar refractivity (Wildman–Crippen MR) is 65.6 cm³/mol. The molecule has 0 aromatic heterocycles. The third-order valence-corrected chi connectivity index (χ3v) is 2.66. The van der Waals surface area contributed by atoms with Gasteiger partial charge >= 0.3 is 0 Å². The Balaban J connectivity index is 2.48. The lowest BCUT2D eigenvalue weighted by atomic mass is 10.1. The van der Waals surface area contributed by atoms with Gasteiger partial charge in [-0.2, -0.15) is 0 Å². The van der Waals surface area contributed by atoms with Crippen LogP contribution < -0.4 is 5.32 Å². The Bertz CT molecular complexity index is 331. The van der Waals surface area contributed by atoms with Crippen LogP contribution in [0.1, 0.15) is 26.3 Å². The van der Waals surface area contributed by atoms with Gasteiger partial charge in [0.05, 0.1) is 4.47 Å². The van der Waals surface area contributed by atoms with Crippen molar-refractivity contribution in [3.8, 4) is 0 Å². The van der Waals surface area contributed by atoms with Gasteiger partial charge in [-0.15, -0.1) is 0 Å². The molecule has 1 N–H and O–H groups in total. The molecule has 0 spiro atoms. The lowest BCUT2D eigenvalue weighted by Gasteiger charge is -2.20. The lowest BCUT2D eigenvalue weighted by molar-refractivity contribution is 0.429. The minimum Gasteiger partial charge on any atom is -0.312 e. The lowest BCUT2D eigenvalue weighted by Crippen LogP contribution is -2.37. The zero-order chi connectivity index (χ0) is 11.5. The van der Waals surface area contributed by atoms with Gasteiger partial charge in [-0.1, -0.05) is 6.07 Å². The van der Waals surface area contributed by atoms with Crippen LogP contribution in [0.2, 0.25) is 0 Å². The van der Waals surface area contributed by atoms with Crippen molar-refractivity contribution in [1.29, 1.82) is 0 Å². The molecule has 1 aromatic carbocycles. The van der Waals surface area contributed by atoms with Crippen LogP contribution >= 0.6 is 15.9 Å². The van der Waals surface area contributed by atoms with Gasteiger partial charge < -0.3 is 5.32 Å². The zero-order valence-corrected chi connectivity index (χ0v) is 11.0. The Morgan fingerprint density at radius 1 is 1.33 bits per heavy atom. The first-order valence-corrected chi connectivity index (χ1v) is 5.87. The molecule has 0 bridgehead atoms. The molecule has 0 fully saturated rings. The molecule has 0 saturated carbocycles. The van der Waals surface area contributed by atoms with Crippen molar-refractivity contribution in [2.45, 2.75) is 32.7 Å². The Morgan fingerprint density at radius 2 is 2.00 bits per heavy atom. The van der Waals surface area contributed by atoms with Crippen LogP contribution in [0, 0.1) is 5.82 Å². The van der Waals surface area contributed by atoms with Gasteiger partial charge in [-0.05, 0) is 67.4 Å². The number of rotatable bonds is 3. The molecular weight excluding hydrogens is 257 g/mol. The van der Waals surface area contributed by atoms with Crippen molar-refractivity contribution < 1.29 is 4.39 Å². The summed E-state index contributed by atoms with van der Waals surface area (Å²) < 4.78 is 13.5. The van der Waals surface area contributed by atoms with E-state index >= 15 is 0 Å². The van der Waals surface area contributed by atoms with E-state index in [0.717, 1.165) is 18.5 Å². The van der Waals surface area contributed by atoms with E-state index in [9.17, 15) is 4.39 Å². The maximum Gasteiger partial charge on any atom is 0.137 e. The van der Waals surface area contributed by atoms with E-state index in [1.165, 1.54) is 6.07 Å². The summed E-state index contributed by atoms with van der Waals surface area (Å²) in [5.41, 5.74) is 1.28. The van der Waals surface area contributed by atoms with Crippen LogP contribution in [0.3, 0.4) is 0 Å². The molecule has 1 nitrogen and oxygen atoms in total. The minimum absolute atomic E-state index is 0.136. The molecule has 0 heterocycles. The first-order valence-electron chi connectivity index (χ1n) is 5.07. The molecule has 1 rings (SSSR count). The molecule has 0 aliphatic heterocycles. The van der Waals surface area contributed by atoms with Gasteiger partial charge in [0.2, 0.25) is 0 Å². The Hall–Kier alpha value is -0.410. The standard InChI is InChI=1S/C12H17BrFN/c1-12(2,3)15-7-6-9-4-5-11(14)10(13)8-9/h4-5,8,15H,6-7H2,1-3H3. The van der Waals surface area contributed by atoms with E-state index in [-0.39, 0.29) is 11.4 Å². The number of benzene rings is 1. The highest BCUT2D eigenvalue weighted by Gasteiger charge is 2.08. The molecule has 15 heavy (non-hydrogen) atoms. The van der Waals surface area contributed by atoms with Gasteiger partial charge in [0.15, 0.2) is 0 Å². The number of hydrogen-bond donors (Lipinski definition) is 1. The van der Waals surface area contributed by atoms with Gasteiger partial charge in [0.1, 0.15) is 5.82 Å². The molecule has 1 aromatic rings. The van der Waals surface area contributed by atoms with Crippen molar-refractivity contribution >= 4 is 15.9 Å². The van der Waals surface area contributed by atoms with Crippen LogP contribution in [0.4, 0.5) is 4.39 Å². The number of nitrogens with one attached hydrogen (secondary N) is 1. The third-order valence-electron chi connectivity index (χ3n) is 2.05. The topological polar surface area (TPSA) is 12.0 Å². The van der Waals surface area contributed by atoms with Gasteiger partial charge in [-0.3, -0.25) is 0 Å².